The third-order valence-corrected chi connectivity index (χ3v) is 5.53. The number of nitrogens with two attached hydrogens (primary N) is 2. The van der Waals surface area contributed by atoms with Crippen LogP contribution in [0.3, 0.4) is 0 Å². The number of nitrogens with one attached hydrogen (secondary N) is 3. The molecule has 0 aliphatic rings. The molecule has 7 N–H and O–H groups in total. The number of aromatic nitrogens is 3. The molecule has 2 heterocycles. The molecule has 0 saturated heterocycles. The lowest BCUT2D eigenvalue weighted by Crippen LogP contribution is -2.28. The van der Waals surface area contributed by atoms with Crippen molar-refractivity contribution in [3.8, 4) is 0 Å². The van der Waals surface area contributed by atoms with Crippen molar-refractivity contribution >= 4 is 39.9 Å². The average Bonchev–Trinajstić information content (AvgIpc) is 3.32. The molecule has 0 saturated carbocycles. The van der Waals surface area contributed by atoms with Gasteiger partial charge < -0.3 is 27.1 Å². The predicted molar refractivity (Wildman–Crippen MR) is 121 cm³/mol. The van der Waals surface area contributed by atoms with Crippen LogP contribution in [0.4, 0.5) is 0 Å². The van der Waals surface area contributed by atoms with Crippen LogP contribution in [0, 0.1) is 0 Å². The van der Waals surface area contributed by atoms with Crippen LogP contribution in [0.25, 0.3) is 11.0 Å². The molecule has 1 aromatic carbocycles. The van der Waals surface area contributed by atoms with E-state index in [1.165, 1.54) is 17.5 Å². The second-order valence-corrected chi connectivity index (χ2v) is 8.18. The highest BCUT2D eigenvalue weighted by molar-refractivity contribution is 7.16. The topological polar surface area (TPSA) is 135 Å². The molecule has 0 bridgehead atoms. The van der Waals surface area contributed by atoms with E-state index >= 15 is 0 Å². The molecule has 0 radical (unpaired) electrons. The molecule has 0 fully saturated rings. The minimum Gasteiger partial charge on any atom is -0.405 e. The Morgan fingerprint density at radius 2 is 2.03 bits per heavy atom. The molecule has 0 atom stereocenters. The summed E-state index contributed by atoms with van der Waals surface area (Å²) < 4.78 is 0.370. The molecule has 3 aromatic rings. The number of para-hydroxylation sites is 2. The summed E-state index contributed by atoms with van der Waals surface area (Å²) in [5, 5.41) is 6.86. The molecule has 10 heteroatoms. The highest BCUT2D eigenvalue weighted by atomic mass is 35.5. The van der Waals surface area contributed by atoms with Gasteiger partial charge in [-0.05, 0) is 30.5 Å². The van der Waals surface area contributed by atoms with Gasteiger partial charge in [0.05, 0.1) is 22.6 Å². The number of benzene rings is 1. The van der Waals surface area contributed by atoms with Crippen molar-refractivity contribution < 1.29 is 4.79 Å². The Morgan fingerprint density at radius 1 is 1.23 bits per heavy atom. The van der Waals surface area contributed by atoms with Crippen LogP contribution < -0.4 is 22.1 Å². The Labute approximate surface area is 183 Å². The first-order valence-corrected chi connectivity index (χ1v) is 10.7. The van der Waals surface area contributed by atoms with E-state index < -0.39 is 0 Å². The number of carbonyl (C=O) groups is 1. The van der Waals surface area contributed by atoms with Crippen molar-refractivity contribution in [2.45, 2.75) is 12.8 Å². The molecular weight excluding hydrogens is 422 g/mol. The molecular formula is C20H24ClN7OS. The number of hydrogen-bond donors (Lipinski definition) is 5. The van der Waals surface area contributed by atoms with Gasteiger partial charge in [-0.2, -0.15) is 0 Å². The van der Waals surface area contributed by atoms with Gasteiger partial charge in [-0.25, -0.2) is 9.97 Å². The maximum absolute atomic E-state index is 12.3. The first-order chi connectivity index (χ1) is 14.6. The summed E-state index contributed by atoms with van der Waals surface area (Å²) in [5.41, 5.74) is 13.7. The van der Waals surface area contributed by atoms with E-state index in [-0.39, 0.29) is 18.1 Å². The zero-order valence-electron chi connectivity index (χ0n) is 16.3. The number of allylic oxidation sites excluding steroid dienone is 2. The lowest BCUT2D eigenvalue weighted by atomic mass is 10.3. The number of halogens is 1. The molecule has 2 aromatic heterocycles. The number of H-pyrrole nitrogens is 1. The van der Waals surface area contributed by atoms with Gasteiger partial charge in [0.2, 0.25) is 0 Å². The van der Waals surface area contributed by atoms with Crippen LogP contribution in [-0.4, -0.2) is 40.5 Å². The summed E-state index contributed by atoms with van der Waals surface area (Å²) in [6, 6.07) is 7.97. The van der Waals surface area contributed by atoms with E-state index in [2.05, 4.69) is 25.6 Å². The maximum atomic E-state index is 12.3. The standard InChI is InChI=1S/C20H24ClN7OS/c21-19-18(20(29)25-12-13(23)4-3-9-22)28-17(30-19)8-11-24-10-7-16-26-14-5-1-2-6-15(14)27-16/h1-6,9,24H,7-8,10-12,22-23H2,(H,25,29)(H,26,27)/b9-3-,13-4-. The van der Waals surface area contributed by atoms with Crippen LogP contribution in [0.5, 0.6) is 0 Å². The normalized spacial score (nSPS) is 12.1. The van der Waals surface area contributed by atoms with Gasteiger partial charge in [-0.3, -0.25) is 4.79 Å². The fourth-order valence-corrected chi connectivity index (χ4v) is 3.92. The fraction of sp³-hybridized carbons (Fsp3) is 0.250. The summed E-state index contributed by atoms with van der Waals surface area (Å²) in [5.74, 6) is 0.601. The minimum atomic E-state index is -0.353. The molecule has 8 nitrogen and oxygen atoms in total. The van der Waals surface area contributed by atoms with Crippen molar-refractivity contribution in [3.63, 3.8) is 0 Å². The number of amides is 1. The first kappa shape index (κ1) is 21.8. The Morgan fingerprint density at radius 3 is 2.83 bits per heavy atom. The Hall–Kier alpha value is -2.88. The van der Waals surface area contributed by atoms with Gasteiger partial charge >= 0.3 is 0 Å². The zero-order valence-corrected chi connectivity index (χ0v) is 17.9. The van der Waals surface area contributed by atoms with Crippen molar-refractivity contribution in [1.82, 2.24) is 25.6 Å². The summed E-state index contributed by atoms with van der Waals surface area (Å²) >= 11 is 7.50. The van der Waals surface area contributed by atoms with Crippen molar-refractivity contribution in [2.24, 2.45) is 11.5 Å². The van der Waals surface area contributed by atoms with Gasteiger partial charge in [0.25, 0.3) is 5.91 Å². The zero-order chi connectivity index (χ0) is 21.3. The van der Waals surface area contributed by atoms with Crippen molar-refractivity contribution in [1.29, 1.82) is 0 Å². The summed E-state index contributed by atoms with van der Waals surface area (Å²) in [6.07, 6.45) is 6.06. The van der Waals surface area contributed by atoms with Crippen LogP contribution >= 0.6 is 22.9 Å². The molecule has 158 valence electrons. The van der Waals surface area contributed by atoms with Crippen molar-refractivity contribution in [3.05, 3.63) is 69.2 Å². The quantitative estimate of drug-likeness (QED) is 0.239. The van der Waals surface area contributed by atoms with E-state index in [1.807, 2.05) is 24.3 Å². The predicted octanol–water partition coefficient (Wildman–Crippen LogP) is 2.09. The lowest BCUT2D eigenvalue weighted by molar-refractivity contribution is 0.0952. The molecule has 0 spiro atoms. The summed E-state index contributed by atoms with van der Waals surface area (Å²) in [6.45, 7) is 1.71. The fourth-order valence-electron chi connectivity index (χ4n) is 2.75. The highest BCUT2D eigenvalue weighted by Gasteiger charge is 2.16. The smallest absolute Gasteiger partial charge is 0.272 e. The Kier molecular flexibility index (Phi) is 7.83. The van der Waals surface area contributed by atoms with E-state index in [9.17, 15) is 4.79 Å². The first-order valence-electron chi connectivity index (χ1n) is 9.47. The van der Waals surface area contributed by atoms with Gasteiger partial charge in [0.15, 0.2) is 5.69 Å². The second-order valence-electron chi connectivity index (χ2n) is 6.49. The number of hydrogen-bond acceptors (Lipinski definition) is 7. The maximum Gasteiger partial charge on any atom is 0.272 e. The van der Waals surface area contributed by atoms with E-state index in [0.717, 1.165) is 41.4 Å². The van der Waals surface area contributed by atoms with Crippen LogP contribution in [-0.2, 0) is 12.8 Å². The summed E-state index contributed by atoms with van der Waals surface area (Å²) in [4.78, 5) is 24.5. The molecule has 0 aliphatic heterocycles. The number of carbonyl (C=O) groups excluding carboxylic acids is 1. The molecule has 30 heavy (non-hydrogen) atoms. The molecule has 0 unspecified atom stereocenters. The van der Waals surface area contributed by atoms with Gasteiger partial charge in [-0.1, -0.05) is 23.7 Å². The largest absolute Gasteiger partial charge is 0.405 e. The molecule has 0 aliphatic carbocycles. The van der Waals surface area contributed by atoms with Gasteiger partial charge in [0.1, 0.15) is 10.2 Å². The van der Waals surface area contributed by atoms with E-state index in [4.69, 9.17) is 23.1 Å². The van der Waals surface area contributed by atoms with Gasteiger partial charge in [0, 0.05) is 31.6 Å². The Balaban J connectivity index is 1.42. The lowest BCUT2D eigenvalue weighted by Gasteiger charge is -2.03. The van der Waals surface area contributed by atoms with E-state index in [0.29, 0.717) is 16.5 Å². The molecule has 3 rings (SSSR count). The SMILES string of the molecule is N/C=C\C=C(/N)CNC(=O)c1nc(CCNCCc2nc3ccccc3[nH]2)sc1Cl. The third kappa shape index (κ3) is 6.06. The number of fused-ring (bicyclic) bond motifs is 1. The van der Waals surface area contributed by atoms with Crippen LogP contribution in [0.2, 0.25) is 4.34 Å². The monoisotopic (exact) mass is 445 g/mol. The van der Waals surface area contributed by atoms with Crippen LogP contribution in [0.15, 0.2) is 48.3 Å². The number of aromatic amines is 1. The highest BCUT2D eigenvalue weighted by Crippen LogP contribution is 2.24. The average molecular weight is 446 g/mol. The second kappa shape index (κ2) is 10.8. The summed E-state index contributed by atoms with van der Waals surface area (Å²) in [7, 11) is 0. The number of rotatable bonds is 10. The van der Waals surface area contributed by atoms with Crippen LogP contribution in [0.1, 0.15) is 21.3 Å². The molecule has 1 amide bonds. The third-order valence-electron chi connectivity index (χ3n) is 4.21. The minimum absolute atomic E-state index is 0.190. The number of nitrogens with zero attached hydrogens (tertiary/aromatic N) is 2. The number of thiazole rings is 1. The Bertz CT molecular complexity index is 1020. The number of imidazole rings is 1. The van der Waals surface area contributed by atoms with Gasteiger partial charge in [-0.15, -0.1) is 11.3 Å². The van der Waals surface area contributed by atoms with E-state index in [1.54, 1.807) is 12.2 Å². The van der Waals surface area contributed by atoms with Crippen molar-refractivity contribution in [2.75, 3.05) is 19.6 Å².